The van der Waals surface area contributed by atoms with Crippen LogP contribution in [0.1, 0.15) is 26.3 Å². The zero-order valence-corrected chi connectivity index (χ0v) is 14.1. The first-order valence-corrected chi connectivity index (χ1v) is 8.49. The molecule has 0 spiro atoms. The van der Waals surface area contributed by atoms with E-state index in [1.54, 1.807) is 0 Å². The minimum Gasteiger partial charge on any atom is -0.478 e. The molecule has 0 aliphatic heterocycles. The zero-order valence-electron chi connectivity index (χ0n) is 12.5. The third-order valence-corrected chi connectivity index (χ3v) is 4.75. The van der Waals surface area contributed by atoms with Gasteiger partial charge in [-0.25, -0.2) is 18.4 Å². The van der Waals surface area contributed by atoms with Crippen LogP contribution < -0.4 is 22.1 Å². The van der Waals surface area contributed by atoms with Gasteiger partial charge in [-0.05, 0) is 30.3 Å². The van der Waals surface area contributed by atoms with Crippen LogP contribution >= 0.6 is 11.6 Å². The van der Waals surface area contributed by atoms with Crippen LogP contribution in [0.3, 0.4) is 0 Å². The Bertz CT molecular complexity index is 991. The molecule has 0 aliphatic carbocycles. The molecule has 0 atom stereocenters. The number of carbonyl (C=O) groups excluding carboxylic acids is 1. The highest BCUT2D eigenvalue weighted by molar-refractivity contribution is 7.89. The minimum absolute atomic E-state index is 0.133. The average molecular weight is 385 g/mol. The summed E-state index contributed by atoms with van der Waals surface area (Å²) in [6.45, 7) is 0. The third-order valence-electron chi connectivity index (χ3n) is 3.36. The number of rotatable bonds is 5. The van der Waals surface area contributed by atoms with Crippen LogP contribution in [-0.4, -0.2) is 25.3 Å². The lowest BCUT2D eigenvalue weighted by molar-refractivity contribution is 0.0693. The molecule has 25 heavy (non-hydrogen) atoms. The Balaban J connectivity index is 2.72. The Morgan fingerprint density at radius 1 is 1.16 bits per heavy atom. The molecule has 0 saturated heterocycles. The molecule has 11 heteroatoms. The molecule has 9 nitrogen and oxygen atoms in total. The number of halogens is 1. The summed E-state index contributed by atoms with van der Waals surface area (Å²) >= 11 is 5.78. The number of nitrogens with one attached hydrogen (secondary N) is 1. The minimum atomic E-state index is -4.19. The smallest absolute Gasteiger partial charge is 0.336 e. The second kappa shape index (κ2) is 6.69. The molecule has 0 radical (unpaired) electrons. The zero-order chi connectivity index (χ0) is 18.9. The molecule has 0 heterocycles. The summed E-state index contributed by atoms with van der Waals surface area (Å²) in [5.41, 5.74) is 7.15. The number of ketones is 1. The fourth-order valence-electron chi connectivity index (χ4n) is 2.18. The maximum atomic E-state index is 12.8. The number of anilines is 2. The molecule has 0 saturated carbocycles. The van der Waals surface area contributed by atoms with Gasteiger partial charge in [-0.2, -0.15) is 0 Å². The van der Waals surface area contributed by atoms with Crippen molar-refractivity contribution in [2.45, 2.75) is 4.90 Å². The van der Waals surface area contributed by atoms with Gasteiger partial charge in [0.15, 0.2) is 5.78 Å². The largest absolute Gasteiger partial charge is 0.478 e. The van der Waals surface area contributed by atoms with Gasteiger partial charge in [0.2, 0.25) is 10.0 Å². The van der Waals surface area contributed by atoms with E-state index in [2.05, 4.69) is 5.43 Å². The van der Waals surface area contributed by atoms with Crippen LogP contribution in [0.25, 0.3) is 0 Å². The van der Waals surface area contributed by atoms with Crippen LogP contribution in [0.4, 0.5) is 11.4 Å². The Hall–Kier alpha value is -2.66. The number of carbonyl (C=O) groups is 2. The Kier molecular flexibility index (Phi) is 4.99. The van der Waals surface area contributed by atoms with Crippen LogP contribution in [0, 0.1) is 0 Å². The topological polar surface area (TPSA) is 179 Å². The van der Waals surface area contributed by atoms with E-state index >= 15 is 0 Å². The lowest BCUT2D eigenvalue weighted by Gasteiger charge is -2.13. The first-order valence-electron chi connectivity index (χ1n) is 6.57. The van der Waals surface area contributed by atoms with E-state index in [1.165, 1.54) is 12.1 Å². The Labute approximate surface area is 147 Å². The second-order valence-electron chi connectivity index (χ2n) is 4.92. The molecule has 8 N–H and O–H groups in total. The SMILES string of the molecule is NNc1ccc(C(=O)O)c(C(=O)c2ccc(Cl)c(S(N)(=O)=O)c2)c1N. The summed E-state index contributed by atoms with van der Waals surface area (Å²) < 4.78 is 23.1. The molecule has 132 valence electrons. The molecular formula is C14H13ClN4O5S. The highest BCUT2D eigenvalue weighted by Gasteiger charge is 2.24. The number of carboxylic acids is 1. The lowest BCUT2D eigenvalue weighted by Crippen LogP contribution is -2.18. The maximum absolute atomic E-state index is 12.8. The quantitative estimate of drug-likeness (QED) is 0.217. The van der Waals surface area contributed by atoms with Crippen molar-refractivity contribution in [3.8, 4) is 0 Å². The number of aromatic carboxylic acids is 1. The standard InChI is InChI=1S/C14H13ClN4O5S/c15-8-3-1-6(5-10(8)25(18,23)24)13(20)11-7(14(21)22)2-4-9(19-17)12(11)16/h1-5,19H,16-17H2,(H,21,22)(H2,18,23,24). The molecule has 0 fully saturated rings. The number of carboxylic acid groups (broad SMARTS) is 1. The van der Waals surface area contributed by atoms with E-state index < -0.39 is 26.7 Å². The molecule has 2 aromatic rings. The first kappa shape index (κ1) is 18.7. The van der Waals surface area contributed by atoms with Gasteiger partial charge in [-0.1, -0.05) is 11.6 Å². The number of nitrogen functional groups attached to an aromatic ring is 2. The Morgan fingerprint density at radius 2 is 1.80 bits per heavy atom. The van der Waals surface area contributed by atoms with Crippen molar-refractivity contribution < 1.29 is 23.1 Å². The van der Waals surface area contributed by atoms with Crippen molar-refractivity contribution in [2.24, 2.45) is 11.0 Å². The van der Waals surface area contributed by atoms with Crippen molar-refractivity contribution in [3.05, 3.63) is 52.0 Å². The van der Waals surface area contributed by atoms with E-state index in [-0.39, 0.29) is 33.1 Å². The van der Waals surface area contributed by atoms with Gasteiger partial charge < -0.3 is 16.3 Å². The summed E-state index contributed by atoms with van der Waals surface area (Å²) in [6.07, 6.45) is 0. The van der Waals surface area contributed by atoms with Crippen molar-refractivity contribution in [1.29, 1.82) is 0 Å². The van der Waals surface area contributed by atoms with Gasteiger partial charge in [0.05, 0.1) is 27.5 Å². The number of sulfonamides is 1. The number of hydrogen-bond donors (Lipinski definition) is 5. The Morgan fingerprint density at radius 3 is 2.32 bits per heavy atom. The predicted molar refractivity (Wildman–Crippen MR) is 91.9 cm³/mol. The number of nitrogens with two attached hydrogens (primary N) is 3. The molecule has 0 amide bonds. The number of benzene rings is 2. The summed E-state index contributed by atoms with van der Waals surface area (Å²) in [7, 11) is -4.19. The average Bonchev–Trinajstić information content (AvgIpc) is 2.53. The molecule has 0 aromatic heterocycles. The van der Waals surface area contributed by atoms with Crippen molar-refractivity contribution in [2.75, 3.05) is 11.2 Å². The van der Waals surface area contributed by atoms with Crippen molar-refractivity contribution >= 4 is 44.8 Å². The van der Waals surface area contributed by atoms with E-state index in [1.807, 2.05) is 0 Å². The number of hydrogen-bond acceptors (Lipinski definition) is 7. The van der Waals surface area contributed by atoms with E-state index in [0.717, 1.165) is 18.2 Å². The van der Waals surface area contributed by atoms with Gasteiger partial charge in [-0.3, -0.25) is 10.6 Å². The van der Waals surface area contributed by atoms with Crippen LogP contribution in [0.2, 0.25) is 5.02 Å². The first-order chi connectivity index (χ1) is 11.6. The second-order valence-corrected chi connectivity index (χ2v) is 6.86. The molecule has 2 rings (SSSR count). The van der Waals surface area contributed by atoms with Crippen LogP contribution in [0.15, 0.2) is 35.2 Å². The van der Waals surface area contributed by atoms with Crippen molar-refractivity contribution in [1.82, 2.24) is 0 Å². The lowest BCUT2D eigenvalue weighted by atomic mass is 9.95. The molecule has 0 aliphatic rings. The summed E-state index contributed by atoms with van der Waals surface area (Å²) in [4.78, 5) is 23.7. The highest BCUT2D eigenvalue weighted by Crippen LogP contribution is 2.30. The highest BCUT2D eigenvalue weighted by atomic mass is 35.5. The summed E-state index contributed by atoms with van der Waals surface area (Å²) in [5, 5.41) is 14.2. The van der Waals surface area contributed by atoms with Crippen molar-refractivity contribution in [3.63, 3.8) is 0 Å². The van der Waals surface area contributed by atoms with Gasteiger partial charge in [0.25, 0.3) is 0 Å². The van der Waals surface area contributed by atoms with Gasteiger partial charge in [-0.15, -0.1) is 0 Å². The molecular weight excluding hydrogens is 372 g/mol. The van der Waals surface area contributed by atoms with Crippen LogP contribution in [-0.2, 0) is 10.0 Å². The predicted octanol–water partition coefficient (Wildman–Crippen LogP) is 0.784. The fourth-order valence-corrected chi connectivity index (χ4v) is 3.25. The monoisotopic (exact) mass is 384 g/mol. The summed E-state index contributed by atoms with van der Waals surface area (Å²) in [5.74, 6) is 3.07. The van der Waals surface area contributed by atoms with Gasteiger partial charge >= 0.3 is 5.97 Å². The number of primary sulfonamides is 1. The molecule has 2 aromatic carbocycles. The van der Waals surface area contributed by atoms with E-state index in [4.69, 9.17) is 28.3 Å². The van der Waals surface area contributed by atoms with Gasteiger partial charge in [0, 0.05) is 5.56 Å². The summed E-state index contributed by atoms with van der Waals surface area (Å²) in [6, 6.07) is 5.79. The third kappa shape index (κ3) is 3.56. The number of hydrazine groups is 1. The van der Waals surface area contributed by atoms with Gasteiger partial charge in [0.1, 0.15) is 4.90 Å². The maximum Gasteiger partial charge on any atom is 0.336 e. The molecule has 0 bridgehead atoms. The normalized spacial score (nSPS) is 11.2. The molecule has 0 unspecified atom stereocenters. The van der Waals surface area contributed by atoms with E-state index in [9.17, 15) is 23.1 Å². The van der Waals surface area contributed by atoms with Crippen LogP contribution in [0.5, 0.6) is 0 Å². The van der Waals surface area contributed by atoms with E-state index in [0.29, 0.717) is 0 Å². The fraction of sp³-hybridized carbons (Fsp3) is 0.